The minimum absolute atomic E-state index is 0.637. The Bertz CT molecular complexity index is 2800. The zero-order valence-corrected chi connectivity index (χ0v) is 27.0. The van der Waals surface area contributed by atoms with Crippen molar-refractivity contribution in [2.75, 3.05) is 0 Å². The van der Waals surface area contributed by atoms with Gasteiger partial charge in [0.25, 0.3) is 0 Å². The molecule has 5 nitrogen and oxygen atoms in total. The van der Waals surface area contributed by atoms with E-state index in [-0.39, 0.29) is 0 Å². The number of hydrogen-bond acceptors (Lipinski definition) is 3. The molecule has 0 spiro atoms. The SMILES string of the molecule is c1ccc(-c2nc(-c3ccccc3)nc(-c3ccc4c5ccccc5n(-c5ccc6c(c5)c5ccccc5n6-c5ccccc5)c4c3)n2)cc1. The molecule has 0 atom stereocenters. The lowest BCUT2D eigenvalue weighted by Crippen LogP contribution is -2.00. The predicted octanol–water partition coefficient (Wildman–Crippen LogP) is 11.1. The molecule has 0 aliphatic heterocycles. The van der Waals surface area contributed by atoms with E-state index < -0.39 is 0 Å². The van der Waals surface area contributed by atoms with Crippen molar-refractivity contribution in [3.8, 4) is 45.5 Å². The summed E-state index contributed by atoms with van der Waals surface area (Å²) < 4.78 is 4.73. The van der Waals surface area contributed by atoms with Crippen LogP contribution in [0.4, 0.5) is 0 Å². The first-order valence-electron chi connectivity index (χ1n) is 16.8. The molecule has 10 rings (SSSR count). The van der Waals surface area contributed by atoms with Crippen LogP contribution in [0.1, 0.15) is 0 Å². The largest absolute Gasteiger partial charge is 0.309 e. The predicted molar refractivity (Wildman–Crippen MR) is 205 cm³/mol. The van der Waals surface area contributed by atoms with Gasteiger partial charge in [-0.1, -0.05) is 127 Å². The molecule has 10 aromatic rings. The Labute approximate surface area is 288 Å². The second-order valence-electron chi connectivity index (χ2n) is 12.5. The van der Waals surface area contributed by atoms with E-state index in [1.807, 2.05) is 60.7 Å². The molecule has 50 heavy (non-hydrogen) atoms. The van der Waals surface area contributed by atoms with Crippen molar-refractivity contribution in [3.05, 3.63) is 176 Å². The van der Waals surface area contributed by atoms with Gasteiger partial charge in [0.05, 0.1) is 22.1 Å². The summed E-state index contributed by atoms with van der Waals surface area (Å²) in [5, 5.41) is 4.81. The number of para-hydroxylation sites is 3. The zero-order chi connectivity index (χ0) is 33.0. The van der Waals surface area contributed by atoms with Crippen LogP contribution >= 0.6 is 0 Å². The van der Waals surface area contributed by atoms with Crippen LogP contribution in [0.2, 0.25) is 0 Å². The molecule has 5 heteroatoms. The van der Waals surface area contributed by atoms with Crippen molar-refractivity contribution in [2.24, 2.45) is 0 Å². The first-order chi connectivity index (χ1) is 24.8. The minimum atomic E-state index is 0.637. The number of aromatic nitrogens is 5. The van der Waals surface area contributed by atoms with E-state index in [0.717, 1.165) is 39.1 Å². The van der Waals surface area contributed by atoms with Crippen LogP contribution < -0.4 is 0 Å². The van der Waals surface area contributed by atoms with E-state index in [1.54, 1.807) is 0 Å². The Morgan fingerprint density at radius 1 is 0.280 bits per heavy atom. The highest BCUT2D eigenvalue weighted by Gasteiger charge is 2.18. The lowest BCUT2D eigenvalue weighted by atomic mass is 10.1. The van der Waals surface area contributed by atoms with E-state index in [1.165, 1.54) is 32.6 Å². The molecule has 7 aromatic carbocycles. The summed E-state index contributed by atoms with van der Waals surface area (Å²) >= 11 is 0. The fourth-order valence-electron chi connectivity index (χ4n) is 7.28. The number of fused-ring (bicyclic) bond motifs is 6. The van der Waals surface area contributed by atoms with E-state index in [0.29, 0.717) is 17.5 Å². The molecular formula is C45H29N5. The van der Waals surface area contributed by atoms with Gasteiger partial charge in [0.15, 0.2) is 17.5 Å². The molecule has 234 valence electrons. The minimum Gasteiger partial charge on any atom is -0.309 e. The molecule has 0 bridgehead atoms. The van der Waals surface area contributed by atoms with Crippen molar-refractivity contribution < 1.29 is 0 Å². The topological polar surface area (TPSA) is 48.5 Å². The maximum absolute atomic E-state index is 5.03. The highest BCUT2D eigenvalue weighted by Crippen LogP contribution is 2.38. The monoisotopic (exact) mass is 639 g/mol. The maximum Gasteiger partial charge on any atom is 0.164 e. The fraction of sp³-hybridized carbons (Fsp3) is 0. The van der Waals surface area contributed by atoms with Crippen LogP contribution in [-0.2, 0) is 0 Å². The van der Waals surface area contributed by atoms with E-state index in [4.69, 9.17) is 15.0 Å². The molecule has 0 saturated heterocycles. The molecular weight excluding hydrogens is 611 g/mol. The second kappa shape index (κ2) is 11.4. The molecule has 0 unspecified atom stereocenters. The van der Waals surface area contributed by atoms with Gasteiger partial charge < -0.3 is 9.13 Å². The van der Waals surface area contributed by atoms with Crippen molar-refractivity contribution in [3.63, 3.8) is 0 Å². The van der Waals surface area contributed by atoms with E-state index >= 15 is 0 Å². The van der Waals surface area contributed by atoms with Gasteiger partial charge in [-0.05, 0) is 48.5 Å². The summed E-state index contributed by atoms with van der Waals surface area (Å²) in [5.74, 6) is 1.93. The normalized spacial score (nSPS) is 11.6. The van der Waals surface area contributed by atoms with Gasteiger partial charge in [0.1, 0.15) is 0 Å². The van der Waals surface area contributed by atoms with Crippen molar-refractivity contribution in [1.29, 1.82) is 0 Å². The smallest absolute Gasteiger partial charge is 0.164 e. The Kier molecular flexibility index (Phi) is 6.42. The lowest BCUT2D eigenvalue weighted by molar-refractivity contribution is 1.07. The summed E-state index contributed by atoms with van der Waals surface area (Å²) in [5.41, 5.74) is 9.69. The molecule has 3 aromatic heterocycles. The summed E-state index contributed by atoms with van der Waals surface area (Å²) in [6.45, 7) is 0. The third-order valence-corrected chi connectivity index (χ3v) is 9.56. The molecule has 0 fully saturated rings. The number of nitrogens with zero attached hydrogens (tertiary/aromatic N) is 5. The third kappa shape index (κ3) is 4.52. The average molecular weight is 640 g/mol. The van der Waals surface area contributed by atoms with Gasteiger partial charge in [-0.25, -0.2) is 15.0 Å². The highest BCUT2D eigenvalue weighted by molar-refractivity contribution is 6.12. The Morgan fingerprint density at radius 3 is 1.36 bits per heavy atom. The molecule has 3 heterocycles. The molecule has 0 aliphatic rings. The van der Waals surface area contributed by atoms with Crippen LogP contribution in [0.5, 0.6) is 0 Å². The third-order valence-electron chi connectivity index (χ3n) is 9.56. The van der Waals surface area contributed by atoms with Gasteiger partial charge in [-0.3, -0.25) is 0 Å². The van der Waals surface area contributed by atoms with Crippen molar-refractivity contribution in [2.45, 2.75) is 0 Å². The second-order valence-corrected chi connectivity index (χ2v) is 12.5. The lowest BCUT2D eigenvalue weighted by Gasteiger charge is -2.11. The average Bonchev–Trinajstić information content (AvgIpc) is 3.71. The summed E-state index contributed by atoms with van der Waals surface area (Å²) in [4.78, 5) is 15.0. The number of rotatable bonds is 5. The molecule has 0 saturated carbocycles. The highest BCUT2D eigenvalue weighted by atomic mass is 15.0. The summed E-state index contributed by atoms with van der Waals surface area (Å²) in [6.07, 6.45) is 0. The fourth-order valence-corrected chi connectivity index (χ4v) is 7.28. The summed E-state index contributed by atoms with van der Waals surface area (Å²) in [6, 6.07) is 61.5. The van der Waals surface area contributed by atoms with E-state index in [2.05, 4.69) is 124 Å². The van der Waals surface area contributed by atoms with Gasteiger partial charge in [-0.2, -0.15) is 0 Å². The Hall–Kier alpha value is -6.85. The Morgan fingerprint density at radius 2 is 0.740 bits per heavy atom. The number of hydrogen-bond donors (Lipinski definition) is 0. The van der Waals surface area contributed by atoms with Crippen LogP contribution in [-0.4, -0.2) is 24.1 Å². The van der Waals surface area contributed by atoms with Crippen LogP contribution in [0.15, 0.2) is 176 Å². The molecule has 0 amide bonds. The standard InChI is InChI=1S/C45H29N5/c1-4-14-30(15-5-1)43-46-44(31-16-6-2-7-17-31)48-45(47-43)32-24-26-37-35-20-10-12-22-39(35)50(42(37)28-32)34-25-27-41-38(29-34)36-21-11-13-23-40(36)49(41)33-18-8-3-9-19-33/h1-29H. The van der Waals surface area contributed by atoms with Gasteiger partial charge in [0.2, 0.25) is 0 Å². The first kappa shape index (κ1) is 28.2. The zero-order valence-electron chi connectivity index (χ0n) is 27.0. The van der Waals surface area contributed by atoms with Gasteiger partial charge >= 0.3 is 0 Å². The number of benzene rings is 7. The molecule has 0 radical (unpaired) electrons. The molecule has 0 aliphatic carbocycles. The van der Waals surface area contributed by atoms with E-state index in [9.17, 15) is 0 Å². The van der Waals surface area contributed by atoms with Gasteiger partial charge in [0, 0.05) is 49.6 Å². The quantitative estimate of drug-likeness (QED) is 0.188. The van der Waals surface area contributed by atoms with Crippen molar-refractivity contribution in [1.82, 2.24) is 24.1 Å². The first-order valence-corrected chi connectivity index (χ1v) is 16.8. The van der Waals surface area contributed by atoms with Crippen LogP contribution in [0, 0.1) is 0 Å². The Balaban J connectivity index is 1.21. The summed E-state index contributed by atoms with van der Waals surface area (Å²) in [7, 11) is 0. The maximum atomic E-state index is 5.03. The van der Waals surface area contributed by atoms with Gasteiger partial charge in [-0.15, -0.1) is 0 Å². The van der Waals surface area contributed by atoms with Crippen molar-refractivity contribution >= 4 is 43.6 Å². The molecule has 0 N–H and O–H groups in total. The van der Waals surface area contributed by atoms with Crippen LogP contribution in [0.3, 0.4) is 0 Å². The van der Waals surface area contributed by atoms with Crippen LogP contribution in [0.25, 0.3) is 89.2 Å².